The van der Waals surface area contributed by atoms with E-state index >= 15 is 0 Å². The monoisotopic (exact) mass is 284 g/mol. The second-order valence-corrected chi connectivity index (χ2v) is 7.09. The summed E-state index contributed by atoms with van der Waals surface area (Å²) in [5.74, 6) is 0.729. The highest BCUT2D eigenvalue weighted by atomic mass is 32.2. The van der Waals surface area contributed by atoms with Gasteiger partial charge in [-0.05, 0) is 55.7 Å². The minimum absolute atomic E-state index is 0.190. The number of benzene rings is 1. The molecule has 3 N–H and O–H groups in total. The third-order valence-electron chi connectivity index (χ3n) is 3.85. The van der Waals surface area contributed by atoms with Crippen molar-refractivity contribution < 1.29 is 12.8 Å². The van der Waals surface area contributed by atoms with Crippen molar-refractivity contribution >= 4 is 15.7 Å². The van der Waals surface area contributed by atoms with Crippen LogP contribution in [-0.4, -0.2) is 14.5 Å². The van der Waals surface area contributed by atoms with Crippen LogP contribution in [0.5, 0.6) is 0 Å². The molecule has 104 valence electrons. The van der Waals surface area contributed by atoms with Crippen molar-refractivity contribution in [1.82, 2.24) is 0 Å². The van der Waals surface area contributed by atoms with E-state index < -0.39 is 15.8 Å². The first kappa shape index (κ1) is 12.9. The van der Waals surface area contributed by atoms with Gasteiger partial charge in [-0.3, -0.25) is 0 Å². The Balaban J connectivity index is 1.81. The molecule has 19 heavy (non-hydrogen) atoms. The first-order valence-electron chi connectivity index (χ1n) is 6.54. The number of primary sulfonamides is 1. The molecule has 0 spiro atoms. The standard InChI is InChI=1S/C13H17FN2O2S/c14-11-7-10(19(15,17)18)5-6-12(11)16-13(8-1-2-8)9-3-4-9/h5-9,13,16H,1-4H2,(H2,15,17,18). The summed E-state index contributed by atoms with van der Waals surface area (Å²) in [4.78, 5) is -0.190. The van der Waals surface area contributed by atoms with Crippen LogP contribution in [0.1, 0.15) is 25.7 Å². The molecule has 0 aromatic heterocycles. The summed E-state index contributed by atoms with van der Waals surface area (Å²) >= 11 is 0. The van der Waals surface area contributed by atoms with Gasteiger partial charge in [0.25, 0.3) is 0 Å². The van der Waals surface area contributed by atoms with E-state index in [4.69, 9.17) is 5.14 Å². The van der Waals surface area contributed by atoms with Gasteiger partial charge in [0.2, 0.25) is 10.0 Å². The van der Waals surface area contributed by atoms with Gasteiger partial charge in [-0.25, -0.2) is 17.9 Å². The minimum Gasteiger partial charge on any atom is -0.379 e. The van der Waals surface area contributed by atoms with Crippen molar-refractivity contribution in [3.05, 3.63) is 24.0 Å². The van der Waals surface area contributed by atoms with Gasteiger partial charge in [0.15, 0.2) is 0 Å². The Morgan fingerprint density at radius 3 is 2.21 bits per heavy atom. The molecule has 6 heteroatoms. The average molecular weight is 284 g/mol. The van der Waals surface area contributed by atoms with Gasteiger partial charge in [0, 0.05) is 6.04 Å². The molecule has 0 aliphatic heterocycles. The van der Waals surface area contributed by atoms with Crippen LogP contribution in [0.2, 0.25) is 0 Å². The molecular weight excluding hydrogens is 267 g/mol. The number of halogens is 1. The molecule has 0 heterocycles. The van der Waals surface area contributed by atoms with Gasteiger partial charge in [-0.15, -0.1) is 0 Å². The zero-order chi connectivity index (χ0) is 13.6. The number of rotatable bonds is 5. The Bertz CT molecular complexity index is 583. The van der Waals surface area contributed by atoms with E-state index in [1.54, 1.807) is 0 Å². The second kappa shape index (κ2) is 4.45. The Kier molecular flexibility index (Phi) is 3.02. The predicted octanol–water partition coefficient (Wildman–Crippen LogP) is 2.07. The van der Waals surface area contributed by atoms with E-state index in [2.05, 4.69) is 5.32 Å². The van der Waals surface area contributed by atoms with Gasteiger partial charge in [0.1, 0.15) is 5.82 Å². The quantitative estimate of drug-likeness (QED) is 0.869. The van der Waals surface area contributed by atoms with Crippen molar-refractivity contribution in [2.75, 3.05) is 5.32 Å². The van der Waals surface area contributed by atoms with E-state index in [0.717, 1.165) is 6.07 Å². The number of sulfonamides is 1. The van der Waals surface area contributed by atoms with Gasteiger partial charge >= 0.3 is 0 Å². The topological polar surface area (TPSA) is 72.2 Å². The van der Waals surface area contributed by atoms with E-state index in [9.17, 15) is 12.8 Å². The zero-order valence-electron chi connectivity index (χ0n) is 10.5. The second-order valence-electron chi connectivity index (χ2n) is 5.53. The molecule has 2 aliphatic rings. The lowest BCUT2D eigenvalue weighted by atomic mass is 10.1. The van der Waals surface area contributed by atoms with Crippen LogP contribution in [-0.2, 0) is 10.0 Å². The molecule has 0 saturated heterocycles. The maximum atomic E-state index is 13.9. The average Bonchev–Trinajstić information content (AvgIpc) is 3.19. The molecule has 0 amide bonds. The molecule has 0 atom stereocenters. The van der Waals surface area contributed by atoms with Crippen LogP contribution >= 0.6 is 0 Å². The van der Waals surface area contributed by atoms with Crippen LogP contribution in [0.15, 0.2) is 23.1 Å². The summed E-state index contributed by atoms with van der Waals surface area (Å²) in [5.41, 5.74) is 0.371. The molecule has 3 rings (SSSR count). The first-order chi connectivity index (χ1) is 8.95. The summed E-state index contributed by atoms with van der Waals surface area (Å²) < 4.78 is 36.2. The molecule has 1 aromatic rings. The maximum absolute atomic E-state index is 13.9. The van der Waals surface area contributed by atoms with Gasteiger partial charge in [0.05, 0.1) is 10.6 Å². The number of hydrogen-bond donors (Lipinski definition) is 2. The largest absolute Gasteiger partial charge is 0.379 e. The Morgan fingerprint density at radius 2 is 1.79 bits per heavy atom. The van der Waals surface area contributed by atoms with Crippen molar-refractivity contribution in [1.29, 1.82) is 0 Å². The van der Waals surface area contributed by atoms with Crippen LogP contribution in [0, 0.1) is 17.7 Å². The highest BCUT2D eigenvalue weighted by Crippen LogP contribution is 2.46. The highest BCUT2D eigenvalue weighted by molar-refractivity contribution is 7.89. The molecule has 2 saturated carbocycles. The third-order valence-corrected chi connectivity index (χ3v) is 4.76. The van der Waals surface area contributed by atoms with E-state index in [-0.39, 0.29) is 4.90 Å². The lowest BCUT2D eigenvalue weighted by molar-refractivity contribution is 0.556. The number of hydrogen-bond acceptors (Lipinski definition) is 3. The smallest absolute Gasteiger partial charge is 0.238 e. The SMILES string of the molecule is NS(=O)(=O)c1ccc(NC(C2CC2)C2CC2)c(F)c1. The molecule has 4 nitrogen and oxygen atoms in total. The van der Waals surface area contributed by atoms with Gasteiger partial charge < -0.3 is 5.32 Å². The normalized spacial score (nSPS) is 19.7. The van der Waals surface area contributed by atoms with Crippen molar-refractivity contribution in [3.63, 3.8) is 0 Å². The summed E-state index contributed by atoms with van der Waals surface area (Å²) in [7, 11) is -3.85. The van der Waals surface area contributed by atoms with Gasteiger partial charge in [-0.2, -0.15) is 0 Å². The Labute approximate surface area is 112 Å². The summed E-state index contributed by atoms with van der Waals surface area (Å²) in [6.45, 7) is 0. The van der Waals surface area contributed by atoms with Crippen LogP contribution in [0.3, 0.4) is 0 Å². The number of anilines is 1. The lowest BCUT2D eigenvalue weighted by Gasteiger charge is -2.19. The fraction of sp³-hybridized carbons (Fsp3) is 0.538. The van der Waals surface area contributed by atoms with E-state index in [1.165, 1.54) is 37.8 Å². The Hall–Kier alpha value is -1.14. The number of nitrogens with two attached hydrogens (primary N) is 1. The third kappa shape index (κ3) is 2.90. The molecule has 2 aliphatic carbocycles. The summed E-state index contributed by atoms with van der Waals surface area (Å²) in [6.07, 6.45) is 4.80. The minimum atomic E-state index is -3.85. The van der Waals surface area contributed by atoms with Gasteiger partial charge in [-0.1, -0.05) is 0 Å². The maximum Gasteiger partial charge on any atom is 0.238 e. The lowest BCUT2D eigenvalue weighted by Crippen LogP contribution is -2.25. The van der Waals surface area contributed by atoms with E-state index in [1.807, 2.05) is 0 Å². The van der Waals surface area contributed by atoms with Crippen molar-refractivity contribution in [3.8, 4) is 0 Å². The fourth-order valence-electron chi connectivity index (χ4n) is 2.50. The zero-order valence-corrected chi connectivity index (χ0v) is 11.3. The van der Waals surface area contributed by atoms with Crippen molar-refractivity contribution in [2.45, 2.75) is 36.6 Å². The molecule has 0 radical (unpaired) electrons. The molecule has 0 unspecified atom stereocenters. The van der Waals surface area contributed by atoms with Crippen molar-refractivity contribution in [2.24, 2.45) is 17.0 Å². The first-order valence-corrected chi connectivity index (χ1v) is 8.08. The Morgan fingerprint density at radius 1 is 1.21 bits per heavy atom. The van der Waals surface area contributed by atoms with Crippen LogP contribution in [0.4, 0.5) is 10.1 Å². The predicted molar refractivity (Wildman–Crippen MR) is 70.6 cm³/mol. The molecule has 2 fully saturated rings. The molecular formula is C13H17FN2O2S. The summed E-state index contributed by atoms with van der Waals surface area (Å²) in [6, 6.07) is 4.12. The highest BCUT2D eigenvalue weighted by Gasteiger charge is 2.41. The van der Waals surface area contributed by atoms with E-state index in [0.29, 0.717) is 23.6 Å². The molecule has 0 bridgehead atoms. The van der Waals surface area contributed by atoms with Crippen LogP contribution in [0.25, 0.3) is 0 Å². The van der Waals surface area contributed by atoms with Crippen LogP contribution < -0.4 is 10.5 Å². The number of nitrogens with one attached hydrogen (secondary N) is 1. The summed E-state index contributed by atoms with van der Waals surface area (Å²) in [5, 5.41) is 8.22. The molecule has 1 aromatic carbocycles. The fourth-order valence-corrected chi connectivity index (χ4v) is 3.03.